The summed E-state index contributed by atoms with van der Waals surface area (Å²) in [5.74, 6) is 3.63. The van der Waals surface area contributed by atoms with E-state index in [1.807, 2.05) is 88.6 Å². The number of hydrogen-bond donors (Lipinski definition) is 0. The zero-order chi connectivity index (χ0) is 29.8. The first-order valence-electron chi connectivity index (χ1n) is 14.3. The van der Waals surface area contributed by atoms with Crippen molar-refractivity contribution in [1.29, 1.82) is 0 Å². The SMILES string of the molecule is Cc1nc(N(c2[c-]c3c(cc2)oc2ccc(N(c4ccccc4)c4nc(C)n(C)c4C)[c-]c23)c2ccccc2)c(C)n1C.[Pt+2]. The van der Waals surface area contributed by atoms with E-state index >= 15 is 0 Å². The molecule has 0 saturated carbocycles. The molecule has 0 amide bonds. The Kier molecular flexibility index (Phi) is 7.68. The van der Waals surface area contributed by atoms with Crippen LogP contribution in [0.25, 0.3) is 21.9 Å². The third kappa shape index (κ3) is 4.82. The van der Waals surface area contributed by atoms with Crippen LogP contribution in [-0.2, 0) is 35.2 Å². The number of aromatic nitrogens is 4. The molecule has 3 heterocycles. The maximum atomic E-state index is 6.30. The number of aryl methyl sites for hydroxylation is 2. The Hall–Kier alpha value is -4.61. The van der Waals surface area contributed by atoms with E-state index in [9.17, 15) is 0 Å². The predicted molar refractivity (Wildman–Crippen MR) is 173 cm³/mol. The van der Waals surface area contributed by atoms with Crippen molar-refractivity contribution < 1.29 is 25.5 Å². The van der Waals surface area contributed by atoms with Gasteiger partial charge >= 0.3 is 21.1 Å². The van der Waals surface area contributed by atoms with Gasteiger partial charge in [0.15, 0.2) is 11.6 Å². The van der Waals surface area contributed by atoms with Crippen LogP contribution in [0.15, 0.2) is 89.3 Å². The fraction of sp³-hybridized carbons (Fsp3) is 0.167. The zero-order valence-corrected chi connectivity index (χ0v) is 27.8. The van der Waals surface area contributed by atoms with Gasteiger partial charge in [-0.25, -0.2) is 9.97 Å². The number of rotatable bonds is 6. The van der Waals surface area contributed by atoms with Gasteiger partial charge in [-0.15, -0.1) is 24.3 Å². The van der Waals surface area contributed by atoms with Gasteiger partial charge < -0.3 is 23.4 Å². The second-order valence-electron chi connectivity index (χ2n) is 10.9. The minimum atomic E-state index is 0. The van der Waals surface area contributed by atoms with E-state index in [1.165, 1.54) is 0 Å². The van der Waals surface area contributed by atoms with E-state index in [-0.39, 0.29) is 21.1 Å². The largest absolute Gasteiger partial charge is 2.00 e. The molecule has 0 radical (unpaired) electrons. The molecule has 0 N–H and O–H groups in total. The maximum Gasteiger partial charge on any atom is 2.00 e. The third-order valence-corrected chi connectivity index (χ3v) is 8.35. The number of nitrogens with zero attached hydrogens (tertiary/aromatic N) is 6. The molecule has 7 aromatic rings. The summed E-state index contributed by atoms with van der Waals surface area (Å²) in [5, 5.41) is 1.73. The van der Waals surface area contributed by atoms with E-state index in [0.717, 1.165) is 79.4 Å². The first kappa shape index (κ1) is 29.5. The van der Waals surface area contributed by atoms with Gasteiger partial charge in [0, 0.05) is 25.5 Å². The molecule has 0 spiro atoms. The summed E-state index contributed by atoms with van der Waals surface area (Å²) in [6.45, 7) is 8.24. The number of fused-ring (bicyclic) bond motifs is 3. The second kappa shape index (κ2) is 11.5. The normalized spacial score (nSPS) is 11.2. The van der Waals surface area contributed by atoms with Crippen LogP contribution in [0.1, 0.15) is 23.0 Å². The molecule has 0 unspecified atom stereocenters. The van der Waals surface area contributed by atoms with Crippen LogP contribution in [0.5, 0.6) is 0 Å². The van der Waals surface area contributed by atoms with Gasteiger partial charge in [0.25, 0.3) is 0 Å². The van der Waals surface area contributed by atoms with Crippen LogP contribution in [0, 0.1) is 39.8 Å². The number of benzene rings is 4. The Labute approximate surface area is 271 Å². The van der Waals surface area contributed by atoms with Crippen molar-refractivity contribution in [3.8, 4) is 0 Å². The van der Waals surface area contributed by atoms with Crippen molar-refractivity contribution in [2.24, 2.45) is 14.1 Å². The fourth-order valence-electron chi connectivity index (χ4n) is 5.59. The average molecular weight is 760 g/mol. The maximum absolute atomic E-state index is 6.30. The topological polar surface area (TPSA) is 55.3 Å². The Bertz CT molecular complexity index is 1960. The number of hydrogen-bond acceptors (Lipinski definition) is 5. The Morgan fingerprint density at radius 1 is 0.568 bits per heavy atom. The monoisotopic (exact) mass is 759 g/mol. The minimum absolute atomic E-state index is 0. The molecule has 0 bridgehead atoms. The second-order valence-corrected chi connectivity index (χ2v) is 10.9. The van der Waals surface area contributed by atoms with Gasteiger partial charge in [0.2, 0.25) is 0 Å². The molecular weight excluding hydrogens is 728 g/mol. The molecule has 7 rings (SSSR count). The van der Waals surface area contributed by atoms with Crippen molar-refractivity contribution in [3.05, 3.63) is 120 Å². The van der Waals surface area contributed by atoms with Crippen molar-refractivity contribution in [2.75, 3.05) is 9.80 Å². The Balaban J connectivity index is 0.00000343. The summed E-state index contributed by atoms with van der Waals surface area (Å²) in [7, 11) is 4.08. The summed E-state index contributed by atoms with van der Waals surface area (Å²) in [6.07, 6.45) is 0. The molecule has 0 saturated heterocycles. The molecule has 0 atom stereocenters. The molecule has 222 valence electrons. The van der Waals surface area contributed by atoms with E-state index in [0.29, 0.717) is 0 Å². The molecular formula is C36H32N6OPt. The molecule has 4 aromatic carbocycles. The fourth-order valence-corrected chi connectivity index (χ4v) is 5.59. The quantitative estimate of drug-likeness (QED) is 0.159. The molecule has 0 aliphatic heterocycles. The molecule has 8 heteroatoms. The molecule has 7 nitrogen and oxygen atoms in total. The van der Waals surface area contributed by atoms with Gasteiger partial charge in [0.05, 0.1) is 11.4 Å². The van der Waals surface area contributed by atoms with Gasteiger partial charge in [-0.1, -0.05) is 36.4 Å². The average Bonchev–Trinajstić information content (AvgIpc) is 3.61. The molecule has 44 heavy (non-hydrogen) atoms. The third-order valence-electron chi connectivity index (χ3n) is 8.35. The van der Waals surface area contributed by atoms with Crippen LogP contribution < -0.4 is 9.80 Å². The van der Waals surface area contributed by atoms with Crippen molar-refractivity contribution in [3.63, 3.8) is 0 Å². The number of anilines is 6. The smallest absolute Gasteiger partial charge is 0.564 e. The number of furan rings is 1. The Morgan fingerprint density at radius 3 is 1.30 bits per heavy atom. The van der Waals surface area contributed by atoms with E-state index < -0.39 is 0 Å². The summed E-state index contributed by atoms with van der Waals surface area (Å²) >= 11 is 0. The van der Waals surface area contributed by atoms with Crippen LogP contribution in [0.2, 0.25) is 0 Å². The summed E-state index contributed by atoms with van der Waals surface area (Å²) in [6, 6.07) is 36.0. The van der Waals surface area contributed by atoms with Gasteiger partial charge in [-0.2, -0.15) is 22.9 Å². The summed E-state index contributed by atoms with van der Waals surface area (Å²) in [5.41, 5.74) is 7.41. The van der Waals surface area contributed by atoms with E-state index in [2.05, 4.69) is 69.2 Å². The van der Waals surface area contributed by atoms with Crippen molar-refractivity contribution >= 4 is 56.3 Å². The van der Waals surface area contributed by atoms with Crippen molar-refractivity contribution in [2.45, 2.75) is 27.7 Å². The minimum Gasteiger partial charge on any atom is -0.564 e. The van der Waals surface area contributed by atoms with E-state index in [4.69, 9.17) is 14.4 Å². The standard InChI is InChI=1S/C36H32N6O.Pt/c1-23-35(37-25(3)39(23)5)41(27-13-9-7-10-14-27)29-17-19-33-31(21-29)32-22-30(18-20-34(32)43-33)42(28-15-11-8-12-16-28)36-24(2)40(6)26(4)38-36;/h7-20H,1-6H3;/q-2;+2. The number of imidazole rings is 2. The first-order chi connectivity index (χ1) is 20.8. The summed E-state index contributed by atoms with van der Waals surface area (Å²) < 4.78 is 10.5. The Morgan fingerprint density at radius 2 is 0.955 bits per heavy atom. The first-order valence-corrected chi connectivity index (χ1v) is 14.3. The van der Waals surface area contributed by atoms with Crippen LogP contribution in [0.3, 0.4) is 0 Å². The van der Waals surface area contributed by atoms with Gasteiger partial charge in [-0.05, 0) is 74.5 Å². The van der Waals surface area contributed by atoms with Crippen LogP contribution >= 0.6 is 0 Å². The molecule has 3 aromatic heterocycles. The van der Waals surface area contributed by atoms with Crippen molar-refractivity contribution in [1.82, 2.24) is 19.1 Å². The summed E-state index contributed by atoms with van der Waals surface area (Å²) in [4.78, 5) is 14.2. The molecule has 0 aliphatic carbocycles. The van der Waals surface area contributed by atoms with Crippen LogP contribution in [0.4, 0.5) is 34.4 Å². The predicted octanol–water partition coefficient (Wildman–Crippen LogP) is 8.82. The zero-order valence-electron chi connectivity index (χ0n) is 25.5. The molecule has 0 fully saturated rings. The van der Waals surface area contributed by atoms with Gasteiger partial charge in [0.1, 0.15) is 11.6 Å². The number of para-hydroxylation sites is 2. The van der Waals surface area contributed by atoms with Gasteiger partial charge in [-0.3, -0.25) is 0 Å². The van der Waals surface area contributed by atoms with E-state index in [1.54, 1.807) is 0 Å². The molecule has 0 aliphatic rings. The van der Waals surface area contributed by atoms with Crippen LogP contribution in [-0.4, -0.2) is 19.1 Å².